The highest BCUT2D eigenvalue weighted by Crippen LogP contribution is 2.16. The van der Waals surface area contributed by atoms with Crippen molar-refractivity contribution in [3.63, 3.8) is 0 Å². The fourth-order valence-electron chi connectivity index (χ4n) is 3.10. The first-order chi connectivity index (χ1) is 15.3. The molecule has 0 aliphatic carbocycles. The summed E-state index contributed by atoms with van der Waals surface area (Å²) in [6, 6.07) is 31.1. The molecule has 0 aliphatic heterocycles. The van der Waals surface area contributed by atoms with Gasteiger partial charge in [-0.25, -0.2) is 0 Å². The average Bonchev–Trinajstić information content (AvgIpc) is 2.83. The Hall–Kier alpha value is -3.01. The second-order valence-electron chi connectivity index (χ2n) is 7.18. The summed E-state index contributed by atoms with van der Waals surface area (Å²) in [6.07, 6.45) is -2.82. The third-order valence-electron chi connectivity index (χ3n) is 4.76. The summed E-state index contributed by atoms with van der Waals surface area (Å²) in [5.41, 5.74) is 2.90. The lowest BCUT2D eigenvalue weighted by Crippen LogP contribution is -2.43. The number of rotatable bonds is 12. The van der Waals surface area contributed by atoms with Crippen LogP contribution in [0.3, 0.4) is 0 Å². The van der Waals surface area contributed by atoms with Crippen molar-refractivity contribution in [1.29, 1.82) is 5.26 Å². The molecule has 5 nitrogen and oxygen atoms in total. The molecule has 0 spiro atoms. The fourth-order valence-corrected chi connectivity index (χ4v) is 3.10. The number of benzene rings is 3. The largest absolute Gasteiger partial charge is 0.388 e. The van der Waals surface area contributed by atoms with E-state index in [9.17, 15) is 10.4 Å². The van der Waals surface area contributed by atoms with E-state index in [0.29, 0.717) is 6.61 Å². The molecule has 0 radical (unpaired) electrons. The highest BCUT2D eigenvalue weighted by Gasteiger charge is 2.31. The van der Waals surface area contributed by atoms with Crippen LogP contribution in [-0.4, -0.2) is 30.0 Å². The number of aliphatic hydroxyl groups is 1. The zero-order valence-corrected chi connectivity index (χ0v) is 17.3. The molecule has 0 unspecified atom stereocenters. The maximum atomic E-state index is 10.8. The standard InChI is InChI=1S/C26H27NO4/c27-16-25(30-18-22-12-6-2-7-13-22)26(31-19-23-14-8-3-9-15-23)24(28)20-29-17-21-10-4-1-5-11-21/h1-15,24-26,28H,17-20H2/t24-,25+,26+/m0/s1. The normalized spacial score (nSPS) is 13.8. The average molecular weight is 418 g/mol. The third kappa shape index (κ3) is 7.63. The smallest absolute Gasteiger partial charge is 0.173 e. The van der Waals surface area contributed by atoms with Gasteiger partial charge in [0.15, 0.2) is 6.10 Å². The number of nitrogens with zero attached hydrogens (tertiary/aromatic N) is 1. The van der Waals surface area contributed by atoms with Crippen molar-refractivity contribution in [2.45, 2.75) is 38.1 Å². The van der Waals surface area contributed by atoms with E-state index < -0.39 is 18.3 Å². The Kier molecular flexibility index (Phi) is 9.24. The van der Waals surface area contributed by atoms with Crippen LogP contribution in [0.1, 0.15) is 16.7 Å². The molecule has 0 saturated carbocycles. The van der Waals surface area contributed by atoms with Gasteiger partial charge in [-0.2, -0.15) is 5.26 Å². The molecule has 31 heavy (non-hydrogen) atoms. The molecule has 3 aromatic carbocycles. The highest BCUT2D eigenvalue weighted by molar-refractivity contribution is 5.15. The third-order valence-corrected chi connectivity index (χ3v) is 4.76. The van der Waals surface area contributed by atoms with Crippen LogP contribution in [0, 0.1) is 11.3 Å². The highest BCUT2D eigenvalue weighted by atomic mass is 16.6. The van der Waals surface area contributed by atoms with Gasteiger partial charge in [0.05, 0.1) is 32.5 Å². The van der Waals surface area contributed by atoms with E-state index in [1.165, 1.54) is 0 Å². The lowest BCUT2D eigenvalue weighted by atomic mass is 10.1. The van der Waals surface area contributed by atoms with Crippen LogP contribution in [-0.2, 0) is 34.0 Å². The van der Waals surface area contributed by atoms with E-state index in [-0.39, 0.29) is 19.8 Å². The first-order valence-electron chi connectivity index (χ1n) is 10.3. The Morgan fingerprint density at radius 1 is 0.677 bits per heavy atom. The maximum Gasteiger partial charge on any atom is 0.173 e. The van der Waals surface area contributed by atoms with E-state index in [1.54, 1.807) is 0 Å². The molecule has 0 saturated heterocycles. The van der Waals surface area contributed by atoms with Gasteiger partial charge in [0, 0.05) is 0 Å². The minimum Gasteiger partial charge on any atom is -0.388 e. The van der Waals surface area contributed by atoms with Gasteiger partial charge < -0.3 is 19.3 Å². The second-order valence-corrected chi connectivity index (χ2v) is 7.18. The summed E-state index contributed by atoms with van der Waals surface area (Å²) >= 11 is 0. The summed E-state index contributed by atoms with van der Waals surface area (Å²) < 4.78 is 17.4. The van der Waals surface area contributed by atoms with Crippen LogP contribution in [0.2, 0.25) is 0 Å². The number of ether oxygens (including phenoxy) is 3. The Morgan fingerprint density at radius 2 is 1.13 bits per heavy atom. The minimum atomic E-state index is -1.02. The predicted octanol–water partition coefficient (Wildman–Crippen LogP) is 4.26. The topological polar surface area (TPSA) is 71.7 Å². The Balaban J connectivity index is 1.62. The van der Waals surface area contributed by atoms with Gasteiger partial charge in [-0.1, -0.05) is 91.0 Å². The SMILES string of the molecule is N#C[C@@H](OCc1ccccc1)[C@H](OCc1ccccc1)[C@@H](O)COCc1ccccc1. The molecular weight excluding hydrogens is 390 g/mol. The summed E-state index contributed by atoms with van der Waals surface area (Å²) in [5.74, 6) is 0. The van der Waals surface area contributed by atoms with E-state index >= 15 is 0 Å². The first kappa shape index (κ1) is 22.7. The van der Waals surface area contributed by atoms with Gasteiger partial charge in [-0.15, -0.1) is 0 Å². The summed E-state index contributed by atoms with van der Waals surface area (Å²) in [7, 11) is 0. The molecule has 160 valence electrons. The van der Waals surface area contributed by atoms with Crippen molar-refractivity contribution in [3.05, 3.63) is 108 Å². The van der Waals surface area contributed by atoms with Crippen LogP contribution < -0.4 is 0 Å². The van der Waals surface area contributed by atoms with E-state index in [0.717, 1.165) is 16.7 Å². The molecule has 3 atom stereocenters. The Bertz CT molecular complexity index is 912. The van der Waals surface area contributed by atoms with E-state index in [2.05, 4.69) is 6.07 Å². The number of hydrogen-bond donors (Lipinski definition) is 1. The lowest BCUT2D eigenvalue weighted by Gasteiger charge is -2.27. The molecular formula is C26H27NO4. The van der Waals surface area contributed by atoms with E-state index in [4.69, 9.17) is 14.2 Å². The van der Waals surface area contributed by atoms with Crippen LogP contribution in [0.25, 0.3) is 0 Å². The quantitative estimate of drug-likeness (QED) is 0.477. The molecule has 0 amide bonds. The molecule has 3 rings (SSSR count). The predicted molar refractivity (Wildman–Crippen MR) is 118 cm³/mol. The van der Waals surface area contributed by atoms with Crippen molar-refractivity contribution < 1.29 is 19.3 Å². The Morgan fingerprint density at radius 3 is 1.61 bits per heavy atom. The molecule has 5 heteroatoms. The van der Waals surface area contributed by atoms with E-state index in [1.807, 2.05) is 91.0 Å². The number of aliphatic hydroxyl groups excluding tert-OH is 1. The van der Waals surface area contributed by atoms with Gasteiger partial charge >= 0.3 is 0 Å². The fraction of sp³-hybridized carbons (Fsp3) is 0.269. The Labute approximate surface area is 183 Å². The van der Waals surface area contributed by atoms with Crippen molar-refractivity contribution >= 4 is 0 Å². The van der Waals surface area contributed by atoms with Gasteiger partial charge in [0.2, 0.25) is 0 Å². The molecule has 0 fully saturated rings. The molecule has 0 aromatic heterocycles. The van der Waals surface area contributed by atoms with Crippen molar-refractivity contribution in [3.8, 4) is 6.07 Å². The summed E-state index contributed by atoms with van der Waals surface area (Å²) in [6.45, 7) is 0.905. The van der Waals surface area contributed by atoms with Crippen molar-refractivity contribution in [2.24, 2.45) is 0 Å². The maximum absolute atomic E-state index is 10.8. The molecule has 0 heterocycles. The van der Waals surface area contributed by atoms with Crippen LogP contribution in [0.5, 0.6) is 0 Å². The first-order valence-corrected chi connectivity index (χ1v) is 10.3. The molecule has 0 bridgehead atoms. The zero-order chi connectivity index (χ0) is 21.7. The monoisotopic (exact) mass is 417 g/mol. The van der Waals surface area contributed by atoms with Crippen molar-refractivity contribution in [2.75, 3.05) is 6.61 Å². The van der Waals surface area contributed by atoms with Crippen LogP contribution >= 0.6 is 0 Å². The summed E-state index contributed by atoms with van der Waals surface area (Å²) in [5, 5.41) is 20.5. The minimum absolute atomic E-state index is 0.0290. The van der Waals surface area contributed by atoms with Crippen molar-refractivity contribution in [1.82, 2.24) is 0 Å². The van der Waals surface area contributed by atoms with Gasteiger partial charge in [-0.3, -0.25) is 0 Å². The molecule has 3 aromatic rings. The molecule has 0 aliphatic rings. The van der Waals surface area contributed by atoms with Gasteiger partial charge in [0.1, 0.15) is 12.2 Å². The second kappa shape index (κ2) is 12.6. The zero-order valence-electron chi connectivity index (χ0n) is 17.3. The van der Waals surface area contributed by atoms with Gasteiger partial charge in [0.25, 0.3) is 0 Å². The van der Waals surface area contributed by atoms with Gasteiger partial charge in [-0.05, 0) is 16.7 Å². The molecule has 1 N–H and O–H groups in total. The lowest BCUT2D eigenvalue weighted by molar-refractivity contribution is -0.131. The van der Waals surface area contributed by atoms with Crippen LogP contribution in [0.15, 0.2) is 91.0 Å². The number of nitriles is 1. The summed E-state index contributed by atoms with van der Waals surface area (Å²) in [4.78, 5) is 0. The van der Waals surface area contributed by atoms with Crippen LogP contribution in [0.4, 0.5) is 0 Å². The number of hydrogen-bond acceptors (Lipinski definition) is 5.